The minimum atomic E-state index is -0.263. The smallest absolute Gasteiger partial charge is 0.251 e. The molecule has 2 aromatic rings. The van der Waals surface area contributed by atoms with Crippen molar-refractivity contribution in [3.8, 4) is 5.88 Å². The van der Waals surface area contributed by atoms with Crippen LogP contribution >= 0.6 is 0 Å². The van der Waals surface area contributed by atoms with Crippen LogP contribution in [0.5, 0.6) is 5.88 Å². The second-order valence-electron chi connectivity index (χ2n) is 4.43. The van der Waals surface area contributed by atoms with Gasteiger partial charge in [0.05, 0.1) is 13.2 Å². The summed E-state index contributed by atoms with van der Waals surface area (Å²) in [5, 5.41) is 11.6. The Morgan fingerprint density at radius 1 is 1.32 bits per heavy atom. The van der Waals surface area contributed by atoms with Crippen molar-refractivity contribution in [2.24, 2.45) is 0 Å². The molecule has 118 valence electrons. The first-order chi connectivity index (χ1) is 10.7. The van der Waals surface area contributed by atoms with E-state index in [1.165, 1.54) is 6.20 Å². The lowest BCUT2D eigenvalue weighted by Gasteiger charge is -2.07. The SMILES string of the molecule is COCCOc1cc(C(=O)NCc2ccc(CO)o2)ccn1. The summed E-state index contributed by atoms with van der Waals surface area (Å²) in [6.45, 7) is 0.885. The summed E-state index contributed by atoms with van der Waals surface area (Å²) in [6.07, 6.45) is 1.51. The molecule has 7 heteroatoms. The molecule has 2 aromatic heterocycles. The molecule has 0 saturated carbocycles. The van der Waals surface area contributed by atoms with Crippen LogP contribution in [0.2, 0.25) is 0 Å². The second kappa shape index (κ2) is 8.16. The highest BCUT2D eigenvalue weighted by Gasteiger charge is 2.09. The van der Waals surface area contributed by atoms with Gasteiger partial charge in [-0.1, -0.05) is 0 Å². The van der Waals surface area contributed by atoms with Gasteiger partial charge in [0, 0.05) is 24.9 Å². The molecule has 2 N–H and O–H groups in total. The van der Waals surface area contributed by atoms with Gasteiger partial charge in [-0.25, -0.2) is 4.98 Å². The van der Waals surface area contributed by atoms with Gasteiger partial charge in [0.15, 0.2) is 0 Å². The number of amides is 1. The Hall–Kier alpha value is -2.38. The molecule has 0 unspecified atom stereocenters. The monoisotopic (exact) mass is 306 g/mol. The van der Waals surface area contributed by atoms with Crippen molar-refractivity contribution in [3.05, 3.63) is 47.5 Å². The molecule has 2 heterocycles. The van der Waals surface area contributed by atoms with Crippen LogP contribution in [0.15, 0.2) is 34.9 Å². The predicted molar refractivity (Wildman–Crippen MR) is 77.4 cm³/mol. The maximum atomic E-state index is 12.1. The minimum Gasteiger partial charge on any atom is -0.475 e. The molecule has 1 amide bonds. The lowest BCUT2D eigenvalue weighted by Crippen LogP contribution is -2.22. The largest absolute Gasteiger partial charge is 0.475 e. The summed E-state index contributed by atoms with van der Waals surface area (Å²) in [4.78, 5) is 16.1. The van der Waals surface area contributed by atoms with Crippen LogP contribution in [-0.4, -0.2) is 36.3 Å². The van der Waals surface area contributed by atoms with Crippen molar-refractivity contribution in [1.82, 2.24) is 10.3 Å². The first kappa shape index (κ1) is 16.0. The van der Waals surface area contributed by atoms with Gasteiger partial charge in [-0.05, 0) is 18.2 Å². The second-order valence-corrected chi connectivity index (χ2v) is 4.43. The average molecular weight is 306 g/mol. The molecule has 2 rings (SSSR count). The maximum absolute atomic E-state index is 12.1. The molecule has 0 fully saturated rings. The summed E-state index contributed by atoms with van der Waals surface area (Å²) in [7, 11) is 1.58. The van der Waals surface area contributed by atoms with Crippen LogP contribution in [0.4, 0.5) is 0 Å². The van der Waals surface area contributed by atoms with Crippen LogP contribution < -0.4 is 10.1 Å². The highest BCUT2D eigenvalue weighted by molar-refractivity contribution is 5.94. The first-order valence-corrected chi connectivity index (χ1v) is 6.77. The molecule has 0 bridgehead atoms. The number of pyridine rings is 1. The molecule has 7 nitrogen and oxygen atoms in total. The quantitative estimate of drug-likeness (QED) is 0.710. The standard InChI is InChI=1S/C15H18N2O5/c1-20-6-7-21-14-8-11(4-5-16-14)15(19)17-9-12-2-3-13(10-18)22-12/h2-5,8,18H,6-7,9-10H2,1H3,(H,17,19). The zero-order valence-electron chi connectivity index (χ0n) is 12.2. The van der Waals surface area contributed by atoms with E-state index in [0.29, 0.717) is 36.2 Å². The van der Waals surface area contributed by atoms with E-state index in [-0.39, 0.29) is 19.1 Å². The van der Waals surface area contributed by atoms with E-state index in [1.54, 1.807) is 31.4 Å². The fraction of sp³-hybridized carbons (Fsp3) is 0.333. The van der Waals surface area contributed by atoms with E-state index in [4.69, 9.17) is 19.0 Å². The van der Waals surface area contributed by atoms with Crippen LogP contribution in [0.3, 0.4) is 0 Å². The van der Waals surface area contributed by atoms with Crippen molar-refractivity contribution in [2.75, 3.05) is 20.3 Å². The number of furan rings is 1. The van der Waals surface area contributed by atoms with Gasteiger partial charge in [-0.3, -0.25) is 4.79 Å². The maximum Gasteiger partial charge on any atom is 0.251 e. The number of ether oxygens (including phenoxy) is 2. The third-order valence-corrected chi connectivity index (χ3v) is 2.83. The first-order valence-electron chi connectivity index (χ1n) is 6.77. The number of nitrogens with one attached hydrogen (secondary N) is 1. The highest BCUT2D eigenvalue weighted by atomic mass is 16.5. The number of nitrogens with zero attached hydrogens (tertiary/aromatic N) is 1. The van der Waals surface area contributed by atoms with Crippen LogP contribution in [0.25, 0.3) is 0 Å². The Balaban J connectivity index is 1.90. The number of methoxy groups -OCH3 is 1. The van der Waals surface area contributed by atoms with Crippen LogP contribution in [-0.2, 0) is 17.9 Å². The molecule has 0 radical (unpaired) electrons. The Kier molecular flexibility index (Phi) is 5.93. The number of carbonyl (C=O) groups is 1. The zero-order chi connectivity index (χ0) is 15.8. The topological polar surface area (TPSA) is 93.8 Å². The lowest BCUT2D eigenvalue weighted by molar-refractivity contribution is 0.0946. The van der Waals surface area contributed by atoms with Crippen LogP contribution in [0, 0.1) is 0 Å². The number of hydrogen-bond donors (Lipinski definition) is 2. The lowest BCUT2D eigenvalue weighted by atomic mass is 10.2. The molecule has 0 spiro atoms. The van der Waals surface area contributed by atoms with E-state index in [9.17, 15) is 4.79 Å². The van der Waals surface area contributed by atoms with E-state index in [1.807, 2.05) is 0 Å². The summed E-state index contributed by atoms with van der Waals surface area (Å²) >= 11 is 0. The Morgan fingerprint density at radius 2 is 2.14 bits per heavy atom. The number of rotatable bonds is 8. The molecular weight excluding hydrogens is 288 g/mol. The molecule has 0 atom stereocenters. The zero-order valence-corrected chi connectivity index (χ0v) is 12.2. The molecule has 0 saturated heterocycles. The van der Waals surface area contributed by atoms with E-state index in [0.717, 1.165) is 0 Å². The summed E-state index contributed by atoms with van der Waals surface area (Å²) < 4.78 is 15.5. The van der Waals surface area contributed by atoms with Crippen molar-refractivity contribution < 1.29 is 23.8 Å². The minimum absolute atomic E-state index is 0.166. The fourth-order valence-electron chi connectivity index (χ4n) is 1.73. The van der Waals surface area contributed by atoms with Crippen molar-refractivity contribution in [1.29, 1.82) is 0 Å². The molecule has 22 heavy (non-hydrogen) atoms. The van der Waals surface area contributed by atoms with E-state index in [2.05, 4.69) is 10.3 Å². The Labute approximate surface area is 127 Å². The van der Waals surface area contributed by atoms with Crippen molar-refractivity contribution in [2.45, 2.75) is 13.2 Å². The number of aliphatic hydroxyl groups is 1. The normalized spacial score (nSPS) is 10.5. The summed E-state index contributed by atoms with van der Waals surface area (Å²) in [6, 6.07) is 6.53. The Bertz CT molecular complexity index is 611. The molecule has 0 aliphatic heterocycles. The molecule has 0 aromatic carbocycles. The number of carbonyl (C=O) groups excluding carboxylic acids is 1. The third kappa shape index (κ3) is 4.57. The van der Waals surface area contributed by atoms with E-state index >= 15 is 0 Å². The summed E-state index contributed by atoms with van der Waals surface area (Å²) in [5.41, 5.74) is 0.441. The number of aromatic nitrogens is 1. The molecule has 0 aliphatic carbocycles. The average Bonchev–Trinajstić information content (AvgIpc) is 3.01. The van der Waals surface area contributed by atoms with Gasteiger partial charge in [-0.15, -0.1) is 0 Å². The number of aliphatic hydroxyl groups excluding tert-OH is 1. The van der Waals surface area contributed by atoms with Gasteiger partial charge in [0.1, 0.15) is 24.7 Å². The predicted octanol–water partition coefficient (Wildman–Crippen LogP) is 1.12. The molecular formula is C15H18N2O5. The van der Waals surface area contributed by atoms with Gasteiger partial charge in [0.2, 0.25) is 5.88 Å². The molecule has 0 aliphatic rings. The van der Waals surface area contributed by atoms with Gasteiger partial charge < -0.3 is 24.3 Å². The third-order valence-electron chi connectivity index (χ3n) is 2.83. The fourth-order valence-corrected chi connectivity index (χ4v) is 1.73. The van der Waals surface area contributed by atoms with Crippen molar-refractivity contribution >= 4 is 5.91 Å². The number of hydrogen-bond acceptors (Lipinski definition) is 6. The van der Waals surface area contributed by atoms with Gasteiger partial charge >= 0.3 is 0 Å². The van der Waals surface area contributed by atoms with Gasteiger partial charge in [0.25, 0.3) is 5.91 Å². The summed E-state index contributed by atoms with van der Waals surface area (Å²) in [5.74, 6) is 1.14. The van der Waals surface area contributed by atoms with Crippen molar-refractivity contribution in [3.63, 3.8) is 0 Å². The highest BCUT2D eigenvalue weighted by Crippen LogP contribution is 2.11. The Morgan fingerprint density at radius 3 is 2.86 bits per heavy atom. The van der Waals surface area contributed by atoms with Crippen LogP contribution in [0.1, 0.15) is 21.9 Å². The van der Waals surface area contributed by atoms with Gasteiger partial charge in [-0.2, -0.15) is 0 Å². The van der Waals surface area contributed by atoms with E-state index < -0.39 is 0 Å².